The Balaban J connectivity index is 1.72. The Labute approximate surface area is 141 Å². The van der Waals surface area contributed by atoms with E-state index in [0.717, 1.165) is 24.7 Å². The van der Waals surface area contributed by atoms with Crippen molar-refractivity contribution in [3.63, 3.8) is 0 Å². The number of Topliss-reactive ketones (excluding diaryl/α,β-unsaturated/α-hetero) is 1. The highest BCUT2D eigenvalue weighted by molar-refractivity contribution is 5.84. The van der Waals surface area contributed by atoms with E-state index < -0.39 is 0 Å². The fourth-order valence-electron chi connectivity index (χ4n) is 7.94. The van der Waals surface area contributed by atoms with Gasteiger partial charge in [-0.25, -0.2) is 0 Å². The quantitative estimate of drug-likeness (QED) is 0.808. The normalized spacial score (nSPS) is 52.7. The van der Waals surface area contributed by atoms with Gasteiger partial charge >= 0.3 is 0 Å². The van der Waals surface area contributed by atoms with Crippen LogP contribution in [-0.2, 0) is 4.79 Å². The number of carbonyl (C=O) groups excluding carboxylic acids is 1. The van der Waals surface area contributed by atoms with Crippen LogP contribution in [0.2, 0.25) is 0 Å². The molecule has 0 aromatic carbocycles. The average molecular weight is 319 g/mol. The van der Waals surface area contributed by atoms with Gasteiger partial charge in [0.05, 0.1) is 0 Å². The second-order valence-electron chi connectivity index (χ2n) is 9.49. The lowest BCUT2D eigenvalue weighted by molar-refractivity contribution is -0.166. The molecule has 0 unspecified atom stereocenters. The van der Waals surface area contributed by atoms with Gasteiger partial charge in [-0.3, -0.25) is 4.79 Å². The van der Waals surface area contributed by atoms with Crippen molar-refractivity contribution in [3.05, 3.63) is 0 Å². The molecule has 0 spiro atoms. The molecule has 0 saturated heterocycles. The fourth-order valence-corrected chi connectivity index (χ4v) is 7.94. The molecule has 4 aliphatic rings. The number of carbonyl (C=O) groups is 1. The second kappa shape index (κ2) is 5.58. The van der Waals surface area contributed by atoms with Crippen LogP contribution in [-0.4, -0.2) is 17.5 Å². The zero-order valence-electron chi connectivity index (χ0n) is 15.0. The van der Waals surface area contributed by atoms with Crippen molar-refractivity contribution in [2.24, 2.45) is 40.4 Å². The molecule has 2 heteroatoms. The van der Waals surface area contributed by atoms with Gasteiger partial charge in [-0.2, -0.15) is 0 Å². The van der Waals surface area contributed by atoms with Gasteiger partial charge in [-0.15, -0.1) is 0 Å². The fraction of sp³-hybridized carbons (Fsp3) is 0.952. The van der Waals surface area contributed by atoms with Gasteiger partial charge in [-0.05, 0) is 67.6 Å². The number of hydrogen-bond donors (Lipinski definition) is 1. The van der Waals surface area contributed by atoms with Crippen molar-refractivity contribution in [3.8, 4) is 0 Å². The molecule has 0 amide bonds. The van der Waals surface area contributed by atoms with Gasteiger partial charge in [0.2, 0.25) is 0 Å². The minimum absolute atomic E-state index is 0.0517. The first kappa shape index (κ1) is 16.1. The molecule has 130 valence electrons. The molecule has 4 rings (SSSR count). The van der Waals surface area contributed by atoms with Crippen LogP contribution >= 0.6 is 0 Å². The molecule has 7 atom stereocenters. The topological polar surface area (TPSA) is 37.3 Å². The SMILES string of the molecule is CC[C@H]1CC[C@H]2[C@@H]3CC[C@H]4CCCC[C@]4(CO)[C@H]3C(=O)C[C@]12C. The van der Waals surface area contributed by atoms with E-state index in [1.807, 2.05) is 0 Å². The third-order valence-electron chi connectivity index (χ3n) is 8.97. The molecule has 4 saturated carbocycles. The summed E-state index contributed by atoms with van der Waals surface area (Å²) in [5, 5.41) is 10.4. The lowest BCUT2D eigenvalue weighted by atomic mass is 9.44. The molecule has 0 aliphatic heterocycles. The molecule has 0 aromatic rings. The minimum atomic E-state index is -0.0517. The maximum absolute atomic E-state index is 13.3. The molecule has 1 N–H and O–H groups in total. The monoisotopic (exact) mass is 318 g/mol. The summed E-state index contributed by atoms with van der Waals surface area (Å²) in [4.78, 5) is 13.3. The molecular formula is C21H34O2. The summed E-state index contributed by atoms with van der Waals surface area (Å²) < 4.78 is 0. The first-order valence-electron chi connectivity index (χ1n) is 10.2. The van der Waals surface area contributed by atoms with Crippen LogP contribution in [0.3, 0.4) is 0 Å². The molecule has 0 heterocycles. The van der Waals surface area contributed by atoms with Crippen LogP contribution in [0.1, 0.15) is 78.1 Å². The van der Waals surface area contributed by atoms with Crippen LogP contribution < -0.4 is 0 Å². The van der Waals surface area contributed by atoms with Crippen LogP contribution in [0.15, 0.2) is 0 Å². The standard InChI is InChI=1S/C21H34O2/c1-3-14-8-10-17-16-9-7-15-6-4-5-11-21(15,13-22)19(16)18(23)12-20(14,17)2/h14-17,19,22H,3-13H2,1-2H3/t14-,15+,16-,17-,19+,20+,21+/m0/s1. The van der Waals surface area contributed by atoms with Gasteiger partial charge in [0.15, 0.2) is 0 Å². The van der Waals surface area contributed by atoms with Crippen molar-refractivity contribution in [1.82, 2.24) is 0 Å². The summed E-state index contributed by atoms with van der Waals surface area (Å²) in [5.74, 6) is 3.36. The molecule has 2 nitrogen and oxygen atoms in total. The smallest absolute Gasteiger partial charge is 0.137 e. The van der Waals surface area contributed by atoms with Crippen LogP contribution in [0.5, 0.6) is 0 Å². The summed E-state index contributed by atoms with van der Waals surface area (Å²) in [5.41, 5.74) is 0.203. The summed E-state index contributed by atoms with van der Waals surface area (Å²) in [6, 6.07) is 0. The Bertz CT molecular complexity index is 486. The third kappa shape index (κ3) is 2.06. The lowest BCUT2D eigenvalue weighted by Gasteiger charge is -2.60. The molecule has 0 radical (unpaired) electrons. The Kier molecular flexibility index (Phi) is 3.91. The van der Waals surface area contributed by atoms with E-state index in [0.29, 0.717) is 17.6 Å². The zero-order chi connectivity index (χ0) is 16.2. The number of ketones is 1. The third-order valence-corrected chi connectivity index (χ3v) is 8.97. The Morgan fingerprint density at radius 3 is 2.70 bits per heavy atom. The van der Waals surface area contributed by atoms with Gasteiger partial charge in [0.1, 0.15) is 5.78 Å². The molecule has 0 aromatic heterocycles. The molecule has 0 bridgehead atoms. The summed E-state index contributed by atoms with van der Waals surface area (Å²) in [7, 11) is 0. The van der Waals surface area contributed by atoms with Gasteiger partial charge < -0.3 is 5.11 Å². The van der Waals surface area contributed by atoms with Crippen molar-refractivity contribution in [2.45, 2.75) is 78.1 Å². The summed E-state index contributed by atoms with van der Waals surface area (Å²) in [6.07, 6.45) is 12.1. The van der Waals surface area contributed by atoms with Crippen molar-refractivity contribution in [2.75, 3.05) is 6.61 Å². The summed E-state index contributed by atoms with van der Waals surface area (Å²) in [6.45, 7) is 4.98. The Morgan fingerprint density at radius 1 is 1.13 bits per heavy atom. The number of aliphatic hydroxyl groups excluding tert-OH is 1. The largest absolute Gasteiger partial charge is 0.396 e. The van der Waals surface area contributed by atoms with Gasteiger partial charge in [-0.1, -0.05) is 33.1 Å². The first-order valence-corrected chi connectivity index (χ1v) is 10.2. The highest BCUT2D eigenvalue weighted by Crippen LogP contribution is 2.66. The molecular weight excluding hydrogens is 284 g/mol. The number of rotatable bonds is 2. The van der Waals surface area contributed by atoms with Crippen LogP contribution in [0, 0.1) is 40.4 Å². The lowest BCUT2D eigenvalue weighted by Crippen LogP contribution is -2.59. The second-order valence-corrected chi connectivity index (χ2v) is 9.49. The van der Waals surface area contributed by atoms with E-state index in [4.69, 9.17) is 0 Å². The van der Waals surface area contributed by atoms with Crippen molar-refractivity contribution >= 4 is 5.78 Å². The number of fused-ring (bicyclic) bond motifs is 5. The minimum Gasteiger partial charge on any atom is -0.396 e. The molecule has 4 fully saturated rings. The van der Waals surface area contributed by atoms with E-state index in [-0.39, 0.29) is 23.4 Å². The van der Waals surface area contributed by atoms with Crippen molar-refractivity contribution < 1.29 is 9.90 Å². The van der Waals surface area contributed by atoms with E-state index in [1.165, 1.54) is 51.4 Å². The van der Waals surface area contributed by atoms with E-state index in [2.05, 4.69) is 13.8 Å². The number of hydrogen-bond acceptors (Lipinski definition) is 2. The van der Waals surface area contributed by atoms with Crippen LogP contribution in [0.4, 0.5) is 0 Å². The highest BCUT2D eigenvalue weighted by atomic mass is 16.3. The van der Waals surface area contributed by atoms with E-state index in [1.54, 1.807) is 0 Å². The number of aliphatic hydroxyl groups is 1. The Morgan fingerprint density at radius 2 is 1.96 bits per heavy atom. The van der Waals surface area contributed by atoms with Gasteiger partial charge in [0, 0.05) is 24.4 Å². The van der Waals surface area contributed by atoms with Crippen LogP contribution in [0.25, 0.3) is 0 Å². The first-order chi connectivity index (χ1) is 11.1. The maximum Gasteiger partial charge on any atom is 0.137 e. The summed E-state index contributed by atoms with van der Waals surface area (Å²) >= 11 is 0. The van der Waals surface area contributed by atoms with E-state index >= 15 is 0 Å². The highest BCUT2D eigenvalue weighted by Gasteiger charge is 2.63. The van der Waals surface area contributed by atoms with E-state index in [9.17, 15) is 9.90 Å². The molecule has 23 heavy (non-hydrogen) atoms. The predicted octanol–water partition coefficient (Wildman–Crippen LogP) is 4.60. The zero-order valence-corrected chi connectivity index (χ0v) is 15.0. The molecule has 4 aliphatic carbocycles. The maximum atomic E-state index is 13.3. The predicted molar refractivity (Wildman–Crippen MR) is 91.9 cm³/mol. The Hall–Kier alpha value is -0.370. The van der Waals surface area contributed by atoms with Crippen molar-refractivity contribution in [1.29, 1.82) is 0 Å². The van der Waals surface area contributed by atoms with Gasteiger partial charge in [0.25, 0.3) is 0 Å². The average Bonchev–Trinajstić information content (AvgIpc) is 2.89.